The lowest BCUT2D eigenvalue weighted by molar-refractivity contribution is -0.119. The summed E-state index contributed by atoms with van der Waals surface area (Å²) < 4.78 is 5.26. The summed E-state index contributed by atoms with van der Waals surface area (Å²) in [6.45, 7) is 1.95. The van der Waals surface area contributed by atoms with Gasteiger partial charge in [0, 0.05) is 13.5 Å². The van der Waals surface area contributed by atoms with Crippen LogP contribution >= 0.6 is 0 Å². The van der Waals surface area contributed by atoms with E-state index in [1.165, 1.54) is 6.92 Å². The minimum absolute atomic E-state index is 0.126. The first-order valence-electron chi connectivity index (χ1n) is 7.08. The summed E-state index contributed by atoms with van der Waals surface area (Å²) >= 11 is 0. The minimum Gasteiger partial charge on any atom is -0.457 e. The van der Waals surface area contributed by atoms with Crippen molar-refractivity contribution in [1.29, 1.82) is 5.26 Å². The van der Waals surface area contributed by atoms with Gasteiger partial charge < -0.3 is 10.1 Å². The van der Waals surface area contributed by atoms with Crippen LogP contribution < -0.4 is 5.32 Å². The minimum atomic E-state index is -0.431. The van der Waals surface area contributed by atoms with E-state index in [-0.39, 0.29) is 12.5 Å². The summed E-state index contributed by atoms with van der Waals surface area (Å²) in [6.07, 6.45) is 0. The van der Waals surface area contributed by atoms with E-state index in [4.69, 9.17) is 10.00 Å². The molecule has 0 aliphatic rings. The molecule has 5 nitrogen and oxygen atoms in total. The van der Waals surface area contributed by atoms with Gasteiger partial charge in [0.1, 0.15) is 6.61 Å². The van der Waals surface area contributed by atoms with E-state index in [1.54, 1.807) is 42.5 Å². The second kappa shape index (κ2) is 7.76. The predicted molar refractivity (Wildman–Crippen MR) is 84.2 cm³/mol. The Balaban J connectivity index is 1.95. The lowest BCUT2D eigenvalue weighted by Gasteiger charge is -2.07. The van der Waals surface area contributed by atoms with Gasteiger partial charge in [0.2, 0.25) is 5.91 Å². The van der Waals surface area contributed by atoms with Gasteiger partial charge in [-0.05, 0) is 35.4 Å². The van der Waals surface area contributed by atoms with Crippen molar-refractivity contribution >= 4 is 11.9 Å². The second-order valence-electron chi connectivity index (χ2n) is 4.99. The zero-order valence-corrected chi connectivity index (χ0v) is 12.7. The number of hydrogen-bond donors (Lipinski definition) is 1. The summed E-state index contributed by atoms with van der Waals surface area (Å²) in [5.74, 6) is -0.558. The van der Waals surface area contributed by atoms with Crippen molar-refractivity contribution in [2.45, 2.75) is 20.1 Å². The largest absolute Gasteiger partial charge is 0.457 e. The maximum atomic E-state index is 12.1. The molecule has 0 radical (unpaired) electrons. The third-order valence-corrected chi connectivity index (χ3v) is 3.16. The molecule has 0 atom stereocenters. The predicted octanol–water partition coefficient (Wildman–Crippen LogP) is 2.55. The Morgan fingerprint density at radius 3 is 2.52 bits per heavy atom. The van der Waals surface area contributed by atoms with Crippen LogP contribution in [0.5, 0.6) is 0 Å². The lowest BCUT2D eigenvalue weighted by atomic mass is 10.1. The van der Waals surface area contributed by atoms with Crippen molar-refractivity contribution in [2.75, 3.05) is 0 Å². The molecular formula is C18H16N2O3. The topological polar surface area (TPSA) is 79.2 Å². The second-order valence-corrected chi connectivity index (χ2v) is 4.99. The number of nitrogens with one attached hydrogen (secondary N) is 1. The fourth-order valence-electron chi connectivity index (χ4n) is 1.94. The number of nitriles is 1. The Labute approximate surface area is 134 Å². The molecule has 1 amide bonds. The molecular weight excluding hydrogens is 292 g/mol. The molecule has 0 aliphatic carbocycles. The van der Waals surface area contributed by atoms with Gasteiger partial charge in [-0.2, -0.15) is 5.26 Å². The molecule has 0 unspecified atom stereocenters. The van der Waals surface area contributed by atoms with Crippen LogP contribution in [0.15, 0.2) is 48.5 Å². The van der Waals surface area contributed by atoms with Gasteiger partial charge in [-0.1, -0.05) is 24.3 Å². The Kier molecular flexibility index (Phi) is 5.48. The number of nitrogens with zero attached hydrogens (tertiary/aromatic N) is 1. The molecule has 0 aromatic heterocycles. The van der Waals surface area contributed by atoms with Gasteiger partial charge in [0.05, 0.1) is 17.2 Å². The highest BCUT2D eigenvalue weighted by Crippen LogP contribution is 2.10. The zero-order chi connectivity index (χ0) is 16.7. The monoisotopic (exact) mass is 308 g/mol. The van der Waals surface area contributed by atoms with Crippen molar-refractivity contribution in [1.82, 2.24) is 5.32 Å². The summed E-state index contributed by atoms with van der Waals surface area (Å²) in [7, 11) is 0. The van der Waals surface area contributed by atoms with E-state index in [0.29, 0.717) is 17.7 Å². The van der Waals surface area contributed by atoms with Crippen molar-refractivity contribution < 1.29 is 14.3 Å². The molecule has 0 saturated carbocycles. The molecule has 0 fully saturated rings. The molecule has 116 valence electrons. The van der Waals surface area contributed by atoms with Crippen LogP contribution in [0, 0.1) is 11.3 Å². The summed E-state index contributed by atoms with van der Waals surface area (Å²) in [6, 6.07) is 15.8. The Morgan fingerprint density at radius 1 is 1.13 bits per heavy atom. The first-order chi connectivity index (χ1) is 11.1. The molecule has 0 spiro atoms. The van der Waals surface area contributed by atoms with Gasteiger partial charge in [-0.15, -0.1) is 0 Å². The molecule has 2 aromatic carbocycles. The van der Waals surface area contributed by atoms with Gasteiger partial charge in [0.25, 0.3) is 0 Å². The molecule has 5 heteroatoms. The molecule has 0 aliphatic heterocycles. The third kappa shape index (κ3) is 4.97. The Morgan fingerprint density at radius 2 is 1.87 bits per heavy atom. The van der Waals surface area contributed by atoms with E-state index in [9.17, 15) is 9.59 Å². The van der Waals surface area contributed by atoms with Gasteiger partial charge >= 0.3 is 5.97 Å². The number of amides is 1. The normalized spacial score (nSPS) is 9.74. The Bertz CT molecular complexity index is 746. The van der Waals surface area contributed by atoms with E-state index >= 15 is 0 Å². The molecule has 0 saturated heterocycles. The van der Waals surface area contributed by atoms with Crippen LogP contribution in [-0.4, -0.2) is 11.9 Å². The van der Waals surface area contributed by atoms with Crippen molar-refractivity contribution in [3.8, 4) is 6.07 Å². The van der Waals surface area contributed by atoms with E-state index < -0.39 is 5.97 Å². The van der Waals surface area contributed by atoms with Crippen LogP contribution in [0.4, 0.5) is 0 Å². The van der Waals surface area contributed by atoms with Crippen LogP contribution in [0.3, 0.4) is 0 Å². The summed E-state index contributed by atoms with van der Waals surface area (Å²) in [5, 5.41) is 11.4. The maximum Gasteiger partial charge on any atom is 0.338 e. The fourth-order valence-corrected chi connectivity index (χ4v) is 1.94. The lowest BCUT2D eigenvalue weighted by Crippen LogP contribution is -2.19. The van der Waals surface area contributed by atoms with Crippen molar-refractivity contribution in [3.63, 3.8) is 0 Å². The average molecular weight is 308 g/mol. The molecule has 0 bridgehead atoms. The summed E-state index contributed by atoms with van der Waals surface area (Å²) in [5.41, 5.74) is 2.63. The SMILES string of the molecule is CC(=O)NCc1cccc(C(=O)OCc2ccc(C#N)cc2)c1. The molecule has 1 N–H and O–H groups in total. The molecule has 0 heterocycles. The van der Waals surface area contributed by atoms with Crippen LogP contribution in [0.25, 0.3) is 0 Å². The fraction of sp³-hybridized carbons (Fsp3) is 0.167. The van der Waals surface area contributed by atoms with Gasteiger partial charge in [-0.25, -0.2) is 4.79 Å². The zero-order valence-electron chi connectivity index (χ0n) is 12.7. The number of carbonyl (C=O) groups excluding carboxylic acids is 2. The van der Waals surface area contributed by atoms with E-state index in [2.05, 4.69) is 5.32 Å². The smallest absolute Gasteiger partial charge is 0.338 e. The number of esters is 1. The molecule has 2 aromatic rings. The van der Waals surface area contributed by atoms with Crippen LogP contribution in [-0.2, 0) is 22.7 Å². The average Bonchev–Trinajstić information content (AvgIpc) is 2.58. The Hall–Kier alpha value is -3.13. The third-order valence-electron chi connectivity index (χ3n) is 3.16. The van der Waals surface area contributed by atoms with Crippen molar-refractivity contribution in [3.05, 3.63) is 70.8 Å². The summed E-state index contributed by atoms with van der Waals surface area (Å²) in [4.78, 5) is 23.0. The van der Waals surface area contributed by atoms with Crippen LogP contribution in [0.1, 0.15) is 34.0 Å². The number of ether oxygens (including phenoxy) is 1. The first-order valence-corrected chi connectivity index (χ1v) is 7.08. The highest BCUT2D eigenvalue weighted by molar-refractivity contribution is 5.89. The van der Waals surface area contributed by atoms with E-state index in [1.807, 2.05) is 12.1 Å². The highest BCUT2D eigenvalue weighted by atomic mass is 16.5. The number of carbonyl (C=O) groups is 2. The van der Waals surface area contributed by atoms with Gasteiger partial charge in [-0.3, -0.25) is 4.79 Å². The number of rotatable bonds is 5. The molecule has 2 rings (SSSR count). The van der Waals surface area contributed by atoms with Crippen LogP contribution in [0.2, 0.25) is 0 Å². The first kappa shape index (κ1) is 16.2. The number of benzene rings is 2. The highest BCUT2D eigenvalue weighted by Gasteiger charge is 2.08. The number of hydrogen-bond acceptors (Lipinski definition) is 4. The quantitative estimate of drug-likeness (QED) is 0.861. The van der Waals surface area contributed by atoms with Crippen molar-refractivity contribution in [2.24, 2.45) is 0 Å². The maximum absolute atomic E-state index is 12.1. The standard InChI is InChI=1S/C18H16N2O3/c1-13(21)20-11-16-3-2-4-17(9-16)18(22)23-12-15-7-5-14(10-19)6-8-15/h2-9H,11-12H2,1H3,(H,20,21). The van der Waals surface area contributed by atoms with E-state index in [0.717, 1.165) is 11.1 Å². The van der Waals surface area contributed by atoms with Gasteiger partial charge in [0.15, 0.2) is 0 Å². The molecule has 23 heavy (non-hydrogen) atoms.